The summed E-state index contributed by atoms with van der Waals surface area (Å²) in [6.07, 6.45) is 0. The third-order valence-corrected chi connectivity index (χ3v) is 4.24. The number of hydrogen-bond acceptors (Lipinski definition) is 7. The van der Waals surface area contributed by atoms with Gasteiger partial charge in [0.2, 0.25) is 5.88 Å². The predicted octanol–water partition coefficient (Wildman–Crippen LogP) is 1.83. The lowest BCUT2D eigenvalue weighted by molar-refractivity contribution is 0.102. The number of thioether (sulfide) groups is 1. The molecule has 0 atom stereocenters. The normalized spacial score (nSPS) is 13.7. The molecule has 1 amide bonds. The summed E-state index contributed by atoms with van der Waals surface area (Å²) >= 11 is 2.83. The van der Waals surface area contributed by atoms with Gasteiger partial charge in [-0.2, -0.15) is 11.8 Å². The molecule has 3 heterocycles. The summed E-state index contributed by atoms with van der Waals surface area (Å²) in [5.41, 5.74) is 2.53. The molecule has 2 aromatic heterocycles. The second kappa shape index (κ2) is 4.11. The summed E-state index contributed by atoms with van der Waals surface area (Å²) in [7, 11) is 0. The van der Waals surface area contributed by atoms with Crippen LogP contribution >= 0.6 is 23.3 Å². The summed E-state index contributed by atoms with van der Waals surface area (Å²) in [4.78, 5) is 12.4. The first kappa shape index (κ1) is 10.7. The molecule has 2 aromatic rings. The Hall–Kier alpha value is -1.41. The van der Waals surface area contributed by atoms with E-state index in [9.17, 15) is 4.79 Å². The number of aromatic nitrogens is 3. The van der Waals surface area contributed by atoms with Crippen LogP contribution in [0, 0.1) is 6.92 Å². The Morgan fingerprint density at radius 1 is 1.47 bits per heavy atom. The molecule has 0 radical (unpaired) electrons. The molecule has 0 saturated heterocycles. The van der Waals surface area contributed by atoms with Gasteiger partial charge in [-0.05, 0) is 18.5 Å². The highest BCUT2D eigenvalue weighted by Gasteiger charge is 2.24. The van der Waals surface area contributed by atoms with E-state index in [1.54, 1.807) is 18.7 Å². The maximum absolute atomic E-state index is 11.9. The van der Waals surface area contributed by atoms with Crippen LogP contribution in [-0.2, 0) is 11.5 Å². The largest absolute Gasteiger partial charge is 0.338 e. The van der Waals surface area contributed by atoms with E-state index in [2.05, 4.69) is 20.1 Å². The van der Waals surface area contributed by atoms with Crippen LogP contribution in [0.1, 0.15) is 26.6 Å². The molecule has 88 valence electrons. The van der Waals surface area contributed by atoms with E-state index in [0.29, 0.717) is 16.5 Å². The van der Waals surface area contributed by atoms with Crippen molar-refractivity contribution >= 4 is 35.1 Å². The number of nitrogens with one attached hydrogen (secondary N) is 1. The van der Waals surface area contributed by atoms with Gasteiger partial charge in [0.15, 0.2) is 0 Å². The molecule has 6 nitrogen and oxygen atoms in total. The van der Waals surface area contributed by atoms with E-state index in [4.69, 9.17) is 4.52 Å². The molecule has 8 heteroatoms. The van der Waals surface area contributed by atoms with Gasteiger partial charge < -0.3 is 4.52 Å². The Balaban J connectivity index is 1.84. The molecule has 1 aliphatic heterocycles. The highest BCUT2D eigenvalue weighted by atomic mass is 32.2. The average Bonchev–Trinajstić information content (AvgIpc) is 2.96. The van der Waals surface area contributed by atoms with Gasteiger partial charge in [-0.1, -0.05) is 9.64 Å². The molecule has 0 fully saturated rings. The van der Waals surface area contributed by atoms with Crippen molar-refractivity contribution in [1.82, 2.24) is 14.7 Å². The van der Waals surface area contributed by atoms with Crippen molar-refractivity contribution < 1.29 is 9.32 Å². The highest BCUT2D eigenvalue weighted by molar-refractivity contribution is 7.98. The van der Waals surface area contributed by atoms with Crippen LogP contribution in [0.25, 0.3) is 0 Å². The van der Waals surface area contributed by atoms with Crippen LogP contribution in [0.5, 0.6) is 0 Å². The van der Waals surface area contributed by atoms with Gasteiger partial charge in [0.25, 0.3) is 5.91 Å². The van der Waals surface area contributed by atoms with Gasteiger partial charge in [0.05, 0.1) is 17.0 Å². The minimum absolute atomic E-state index is 0.242. The van der Waals surface area contributed by atoms with Crippen LogP contribution in [0.4, 0.5) is 5.88 Å². The van der Waals surface area contributed by atoms with Crippen molar-refractivity contribution in [3.8, 4) is 0 Å². The molecular formula is C9H8N4O2S2. The number of hydrogen-bond donors (Lipinski definition) is 1. The fraction of sp³-hybridized carbons (Fsp3) is 0.333. The lowest BCUT2D eigenvalue weighted by atomic mass is 10.3. The number of carbonyl (C=O) groups is 1. The molecule has 17 heavy (non-hydrogen) atoms. The fourth-order valence-corrected chi connectivity index (χ4v) is 3.13. The zero-order chi connectivity index (χ0) is 11.8. The Morgan fingerprint density at radius 2 is 2.35 bits per heavy atom. The fourth-order valence-electron chi connectivity index (χ4n) is 1.55. The highest BCUT2D eigenvalue weighted by Crippen LogP contribution is 2.34. The van der Waals surface area contributed by atoms with Gasteiger partial charge in [0.1, 0.15) is 4.88 Å². The van der Waals surface area contributed by atoms with Crippen molar-refractivity contribution in [3.05, 3.63) is 21.8 Å². The molecular weight excluding hydrogens is 260 g/mol. The maximum Gasteiger partial charge on any atom is 0.271 e. The number of amides is 1. The number of rotatable bonds is 2. The topological polar surface area (TPSA) is 80.9 Å². The van der Waals surface area contributed by atoms with Crippen LogP contribution in [0.3, 0.4) is 0 Å². The van der Waals surface area contributed by atoms with Crippen molar-refractivity contribution in [2.24, 2.45) is 0 Å². The molecule has 1 N–H and O–H groups in total. The standard InChI is InChI=1S/C9H8N4O2S2/c1-4-7(17-13-11-4)8(14)10-9-5-2-16-3-6(5)12-15-9/h2-3H2,1H3,(H,10,14). The first-order chi connectivity index (χ1) is 8.25. The average molecular weight is 268 g/mol. The predicted molar refractivity (Wildman–Crippen MR) is 64.1 cm³/mol. The van der Waals surface area contributed by atoms with Crippen molar-refractivity contribution in [3.63, 3.8) is 0 Å². The minimum Gasteiger partial charge on any atom is -0.338 e. The van der Waals surface area contributed by atoms with Crippen LogP contribution in [0.2, 0.25) is 0 Å². The van der Waals surface area contributed by atoms with Crippen molar-refractivity contribution in [2.75, 3.05) is 5.32 Å². The molecule has 0 aromatic carbocycles. The van der Waals surface area contributed by atoms with Gasteiger partial charge in [-0.25, -0.2) is 0 Å². The maximum atomic E-state index is 11.9. The number of anilines is 1. The SMILES string of the molecule is Cc1nnsc1C(=O)Nc1onc2c1CSC2. The third-order valence-electron chi connectivity index (χ3n) is 2.44. The Labute approximate surface area is 105 Å². The summed E-state index contributed by atoms with van der Waals surface area (Å²) in [6.45, 7) is 1.75. The van der Waals surface area contributed by atoms with Gasteiger partial charge >= 0.3 is 0 Å². The van der Waals surface area contributed by atoms with E-state index in [1.165, 1.54) is 0 Å². The summed E-state index contributed by atoms with van der Waals surface area (Å²) in [5, 5.41) is 10.4. The second-order valence-electron chi connectivity index (χ2n) is 3.57. The Morgan fingerprint density at radius 3 is 3.12 bits per heavy atom. The smallest absolute Gasteiger partial charge is 0.271 e. The summed E-state index contributed by atoms with van der Waals surface area (Å²) < 4.78 is 8.84. The Kier molecular flexibility index (Phi) is 2.60. The van der Waals surface area contributed by atoms with Crippen molar-refractivity contribution in [1.29, 1.82) is 0 Å². The lowest BCUT2D eigenvalue weighted by Gasteiger charge is -1.99. The van der Waals surface area contributed by atoms with Gasteiger partial charge in [-0.15, -0.1) is 5.10 Å². The molecule has 1 aliphatic rings. The Bertz CT molecular complexity index is 577. The van der Waals surface area contributed by atoms with Gasteiger partial charge in [0, 0.05) is 11.5 Å². The summed E-state index contributed by atoms with van der Waals surface area (Å²) in [6, 6.07) is 0. The van der Waals surface area contributed by atoms with Crippen molar-refractivity contribution in [2.45, 2.75) is 18.4 Å². The van der Waals surface area contributed by atoms with Crippen LogP contribution in [-0.4, -0.2) is 20.7 Å². The number of fused-ring (bicyclic) bond motifs is 1. The zero-order valence-electron chi connectivity index (χ0n) is 8.89. The number of aryl methyl sites for hydroxylation is 1. The van der Waals surface area contributed by atoms with Gasteiger partial charge in [-0.3, -0.25) is 10.1 Å². The zero-order valence-corrected chi connectivity index (χ0v) is 10.5. The quantitative estimate of drug-likeness (QED) is 0.895. The molecule has 0 saturated carbocycles. The first-order valence-electron chi connectivity index (χ1n) is 4.91. The first-order valence-corrected chi connectivity index (χ1v) is 6.84. The van der Waals surface area contributed by atoms with E-state index in [-0.39, 0.29) is 5.91 Å². The molecule has 0 aliphatic carbocycles. The van der Waals surface area contributed by atoms with E-state index < -0.39 is 0 Å². The molecule has 0 spiro atoms. The molecule has 0 unspecified atom stereocenters. The number of carbonyl (C=O) groups excluding carboxylic acids is 1. The summed E-state index contributed by atoms with van der Waals surface area (Å²) in [5.74, 6) is 1.88. The minimum atomic E-state index is -0.242. The third kappa shape index (κ3) is 1.83. The van der Waals surface area contributed by atoms with Crippen LogP contribution < -0.4 is 5.32 Å². The lowest BCUT2D eigenvalue weighted by Crippen LogP contribution is -2.12. The monoisotopic (exact) mass is 268 g/mol. The second-order valence-corrected chi connectivity index (χ2v) is 5.31. The molecule has 0 bridgehead atoms. The van der Waals surface area contributed by atoms with Crippen LogP contribution in [0.15, 0.2) is 4.52 Å². The number of nitrogens with zero attached hydrogens (tertiary/aromatic N) is 3. The van der Waals surface area contributed by atoms with E-state index in [1.807, 2.05) is 0 Å². The van der Waals surface area contributed by atoms with E-state index in [0.717, 1.165) is 34.3 Å². The molecule has 3 rings (SSSR count). The van der Waals surface area contributed by atoms with E-state index >= 15 is 0 Å².